The topological polar surface area (TPSA) is 34.1 Å². The minimum atomic E-state index is 0.152. The Morgan fingerprint density at radius 2 is 2.17 bits per heavy atom. The molecule has 0 amide bonds. The minimum absolute atomic E-state index is 0.152. The summed E-state index contributed by atoms with van der Waals surface area (Å²) in [6, 6.07) is 10.1. The van der Waals surface area contributed by atoms with Crippen molar-refractivity contribution in [1.29, 1.82) is 0 Å². The predicted octanol–water partition coefficient (Wildman–Crippen LogP) is 3.00. The number of nitrogens with zero attached hydrogens (tertiary/aromatic N) is 1. The fourth-order valence-electron chi connectivity index (χ4n) is 1.87. The molecule has 1 heterocycles. The zero-order valence-electron chi connectivity index (χ0n) is 11.0. The molecule has 18 heavy (non-hydrogen) atoms. The standard InChI is InChI=1S/C15H20N2O/c1-3-8-16-10-12(2)18-14-9-13-6-4-5-7-15(13)17-11-14/h4-7,9,11-12,16H,3,8,10H2,1-2H3. The highest BCUT2D eigenvalue weighted by atomic mass is 16.5. The van der Waals surface area contributed by atoms with Crippen LogP contribution >= 0.6 is 0 Å². The van der Waals surface area contributed by atoms with E-state index in [1.165, 1.54) is 0 Å². The van der Waals surface area contributed by atoms with E-state index in [0.717, 1.165) is 36.2 Å². The van der Waals surface area contributed by atoms with E-state index in [0.29, 0.717) is 0 Å². The zero-order chi connectivity index (χ0) is 12.8. The van der Waals surface area contributed by atoms with Gasteiger partial charge in [-0.2, -0.15) is 0 Å². The summed E-state index contributed by atoms with van der Waals surface area (Å²) in [5, 5.41) is 4.46. The van der Waals surface area contributed by atoms with Crippen LogP contribution in [0, 0.1) is 0 Å². The first-order valence-corrected chi connectivity index (χ1v) is 6.51. The maximum absolute atomic E-state index is 5.84. The van der Waals surface area contributed by atoms with Crippen LogP contribution in [-0.4, -0.2) is 24.2 Å². The van der Waals surface area contributed by atoms with Gasteiger partial charge in [-0.05, 0) is 32.0 Å². The predicted molar refractivity (Wildman–Crippen MR) is 75.0 cm³/mol. The van der Waals surface area contributed by atoms with Crippen LogP contribution in [0.3, 0.4) is 0 Å². The second-order valence-electron chi connectivity index (χ2n) is 4.50. The summed E-state index contributed by atoms with van der Waals surface area (Å²) in [5.74, 6) is 0.833. The number of ether oxygens (including phenoxy) is 1. The minimum Gasteiger partial charge on any atom is -0.488 e. The highest BCUT2D eigenvalue weighted by molar-refractivity contribution is 5.79. The van der Waals surface area contributed by atoms with Crippen LogP contribution in [0.2, 0.25) is 0 Å². The van der Waals surface area contributed by atoms with Gasteiger partial charge in [0.2, 0.25) is 0 Å². The van der Waals surface area contributed by atoms with Gasteiger partial charge in [0.05, 0.1) is 11.7 Å². The summed E-state index contributed by atoms with van der Waals surface area (Å²) < 4.78 is 5.84. The van der Waals surface area contributed by atoms with E-state index in [1.807, 2.05) is 24.3 Å². The number of pyridine rings is 1. The third kappa shape index (κ3) is 3.44. The van der Waals surface area contributed by atoms with Crippen LogP contribution in [0.15, 0.2) is 36.5 Å². The van der Waals surface area contributed by atoms with Crippen molar-refractivity contribution in [3.8, 4) is 5.75 Å². The SMILES string of the molecule is CCCNCC(C)Oc1cnc2ccccc2c1. The summed E-state index contributed by atoms with van der Waals surface area (Å²) in [4.78, 5) is 4.39. The Kier molecular flexibility index (Phi) is 4.53. The quantitative estimate of drug-likeness (QED) is 0.793. The Morgan fingerprint density at radius 1 is 1.33 bits per heavy atom. The van der Waals surface area contributed by atoms with Crippen molar-refractivity contribution in [2.24, 2.45) is 0 Å². The molecule has 0 aliphatic heterocycles. The van der Waals surface area contributed by atoms with Crippen LogP contribution < -0.4 is 10.1 Å². The molecule has 1 N–H and O–H groups in total. The van der Waals surface area contributed by atoms with E-state index < -0.39 is 0 Å². The van der Waals surface area contributed by atoms with Gasteiger partial charge in [-0.1, -0.05) is 25.1 Å². The average Bonchev–Trinajstić information content (AvgIpc) is 2.39. The molecule has 1 unspecified atom stereocenters. The van der Waals surface area contributed by atoms with Crippen molar-refractivity contribution < 1.29 is 4.74 Å². The van der Waals surface area contributed by atoms with Gasteiger partial charge in [0.15, 0.2) is 0 Å². The lowest BCUT2D eigenvalue weighted by Gasteiger charge is -2.15. The van der Waals surface area contributed by atoms with E-state index in [9.17, 15) is 0 Å². The zero-order valence-corrected chi connectivity index (χ0v) is 11.0. The first kappa shape index (κ1) is 12.8. The normalized spacial score (nSPS) is 12.6. The van der Waals surface area contributed by atoms with Crippen molar-refractivity contribution in [3.63, 3.8) is 0 Å². The van der Waals surface area contributed by atoms with Crippen LogP contribution in [0.5, 0.6) is 5.75 Å². The molecular weight excluding hydrogens is 224 g/mol. The Bertz CT molecular complexity index is 499. The van der Waals surface area contributed by atoms with Gasteiger partial charge >= 0.3 is 0 Å². The highest BCUT2D eigenvalue weighted by Crippen LogP contribution is 2.18. The third-order valence-electron chi connectivity index (χ3n) is 2.76. The molecular formula is C15H20N2O. The van der Waals surface area contributed by atoms with E-state index in [-0.39, 0.29) is 6.10 Å². The van der Waals surface area contributed by atoms with Gasteiger partial charge in [0.25, 0.3) is 0 Å². The first-order chi connectivity index (χ1) is 8.79. The van der Waals surface area contributed by atoms with Crippen molar-refractivity contribution in [3.05, 3.63) is 36.5 Å². The van der Waals surface area contributed by atoms with E-state index in [1.54, 1.807) is 6.20 Å². The lowest BCUT2D eigenvalue weighted by Crippen LogP contribution is -2.29. The summed E-state index contributed by atoms with van der Waals surface area (Å²) in [6.45, 7) is 6.12. The monoisotopic (exact) mass is 244 g/mol. The summed E-state index contributed by atoms with van der Waals surface area (Å²) in [7, 11) is 0. The van der Waals surface area contributed by atoms with E-state index in [2.05, 4.69) is 30.2 Å². The van der Waals surface area contributed by atoms with Gasteiger partial charge in [-0.3, -0.25) is 4.98 Å². The molecule has 1 aromatic carbocycles. The summed E-state index contributed by atoms with van der Waals surface area (Å²) in [5.41, 5.74) is 1.00. The fourth-order valence-corrected chi connectivity index (χ4v) is 1.87. The molecule has 0 spiro atoms. The molecule has 1 atom stereocenters. The van der Waals surface area contributed by atoms with Crippen molar-refractivity contribution >= 4 is 10.9 Å². The van der Waals surface area contributed by atoms with Crippen molar-refractivity contribution in [1.82, 2.24) is 10.3 Å². The number of benzene rings is 1. The Balaban J connectivity index is 1.98. The molecule has 2 aromatic rings. The van der Waals surface area contributed by atoms with Crippen LogP contribution in [-0.2, 0) is 0 Å². The number of nitrogens with one attached hydrogen (secondary N) is 1. The van der Waals surface area contributed by atoms with Gasteiger partial charge in [0.1, 0.15) is 11.9 Å². The molecule has 3 nitrogen and oxygen atoms in total. The number of fused-ring (bicyclic) bond motifs is 1. The number of para-hydroxylation sites is 1. The van der Waals surface area contributed by atoms with Gasteiger partial charge in [-0.25, -0.2) is 0 Å². The molecule has 0 radical (unpaired) electrons. The van der Waals surface area contributed by atoms with Gasteiger partial charge in [0, 0.05) is 11.9 Å². The lowest BCUT2D eigenvalue weighted by atomic mass is 10.2. The lowest BCUT2D eigenvalue weighted by molar-refractivity contribution is 0.217. The van der Waals surface area contributed by atoms with Crippen molar-refractivity contribution in [2.75, 3.05) is 13.1 Å². The Labute approximate surface area is 108 Å². The van der Waals surface area contributed by atoms with Gasteiger partial charge < -0.3 is 10.1 Å². The molecule has 2 rings (SSSR count). The molecule has 0 fully saturated rings. The molecule has 0 saturated heterocycles. The number of hydrogen-bond acceptors (Lipinski definition) is 3. The Hall–Kier alpha value is -1.61. The smallest absolute Gasteiger partial charge is 0.138 e. The highest BCUT2D eigenvalue weighted by Gasteiger charge is 2.04. The molecule has 0 saturated carbocycles. The third-order valence-corrected chi connectivity index (χ3v) is 2.76. The molecule has 0 aliphatic carbocycles. The molecule has 1 aromatic heterocycles. The average molecular weight is 244 g/mol. The Morgan fingerprint density at radius 3 is 3.00 bits per heavy atom. The fraction of sp³-hybridized carbons (Fsp3) is 0.400. The number of rotatable bonds is 6. The molecule has 0 bridgehead atoms. The summed E-state index contributed by atoms with van der Waals surface area (Å²) >= 11 is 0. The number of aromatic nitrogens is 1. The first-order valence-electron chi connectivity index (χ1n) is 6.51. The van der Waals surface area contributed by atoms with Crippen LogP contribution in [0.1, 0.15) is 20.3 Å². The largest absolute Gasteiger partial charge is 0.488 e. The molecule has 3 heteroatoms. The number of hydrogen-bond donors (Lipinski definition) is 1. The van der Waals surface area contributed by atoms with Gasteiger partial charge in [-0.15, -0.1) is 0 Å². The van der Waals surface area contributed by atoms with Crippen LogP contribution in [0.25, 0.3) is 10.9 Å². The maximum atomic E-state index is 5.84. The molecule has 96 valence electrons. The molecule has 0 aliphatic rings. The summed E-state index contributed by atoms with van der Waals surface area (Å²) in [6.07, 6.45) is 3.09. The van der Waals surface area contributed by atoms with E-state index >= 15 is 0 Å². The van der Waals surface area contributed by atoms with Crippen molar-refractivity contribution in [2.45, 2.75) is 26.4 Å². The maximum Gasteiger partial charge on any atom is 0.138 e. The van der Waals surface area contributed by atoms with E-state index in [4.69, 9.17) is 4.74 Å². The second kappa shape index (κ2) is 6.36. The second-order valence-corrected chi connectivity index (χ2v) is 4.50. The van der Waals surface area contributed by atoms with Crippen LogP contribution in [0.4, 0.5) is 0 Å².